The number of hydrogen-bond donors (Lipinski definition) is 3. The van der Waals surface area contributed by atoms with Crippen LogP contribution in [0.2, 0.25) is 0 Å². The average Bonchev–Trinajstić information content (AvgIpc) is 3.36. The molecule has 4 aromatic rings. The van der Waals surface area contributed by atoms with E-state index in [0.717, 1.165) is 28.6 Å². The quantitative estimate of drug-likeness (QED) is 0.221. The monoisotopic (exact) mass is 665 g/mol. The number of ether oxygens (including phenoxy) is 1. The van der Waals surface area contributed by atoms with Crippen LogP contribution in [-0.4, -0.2) is 76.2 Å². The van der Waals surface area contributed by atoms with Crippen molar-refractivity contribution in [1.29, 1.82) is 0 Å². The Bertz CT molecular complexity index is 1810. The zero-order valence-electron chi connectivity index (χ0n) is 27.0. The third kappa shape index (κ3) is 7.57. The Morgan fingerprint density at radius 2 is 1.75 bits per heavy atom. The summed E-state index contributed by atoms with van der Waals surface area (Å²) >= 11 is 0. The number of para-hydroxylation sites is 1. The van der Waals surface area contributed by atoms with Gasteiger partial charge in [-0.15, -0.1) is 0 Å². The molecule has 0 aliphatic carbocycles. The lowest BCUT2D eigenvalue weighted by atomic mass is 9.99. The third-order valence-electron chi connectivity index (χ3n) is 8.54. The van der Waals surface area contributed by atoms with E-state index >= 15 is 0 Å². The highest BCUT2D eigenvalue weighted by molar-refractivity contribution is 6.01. The Hall–Kier alpha value is -5.04. The highest BCUT2D eigenvalue weighted by Gasteiger charge is 2.34. The fraction of sp³-hybridized carbons (Fsp3) is 0.343. The molecule has 1 aromatic heterocycles. The standard InChI is InChI=1S/C35H38F3N5O5/c1-21-17-43(22(2)20-44)33(46)28-16-26(39-32(45)15-23-18-41(3)29-8-6-5-7-27(23)29)13-14-30(28)48-31(21)19-42(4)34(47)40-25-11-9-24(10-12-25)35(36,37)38/h5-14,16,18,21-22,31,44H,15,17,19-20H2,1-4H3,(H,39,45)(H,40,47)/t21-,22-,31-/m0/s1. The molecule has 3 N–H and O–H groups in total. The molecule has 1 aliphatic rings. The van der Waals surface area contributed by atoms with Crippen LogP contribution in [0.5, 0.6) is 5.75 Å². The van der Waals surface area contributed by atoms with Crippen molar-refractivity contribution in [2.75, 3.05) is 37.4 Å². The lowest BCUT2D eigenvalue weighted by Gasteiger charge is -2.38. The maximum absolute atomic E-state index is 13.8. The Balaban J connectivity index is 1.34. The number of rotatable bonds is 8. The number of carbonyl (C=O) groups is 3. The Labute approximate surface area is 276 Å². The highest BCUT2D eigenvalue weighted by atomic mass is 19.4. The number of amides is 4. The van der Waals surface area contributed by atoms with Crippen LogP contribution in [0.3, 0.4) is 0 Å². The minimum Gasteiger partial charge on any atom is -0.487 e. The van der Waals surface area contributed by atoms with Gasteiger partial charge in [-0.05, 0) is 61.0 Å². The van der Waals surface area contributed by atoms with Gasteiger partial charge in [-0.3, -0.25) is 9.59 Å². The second-order valence-electron chi connectivity index (χ2n) is 12.2. The second-order valence-corrected chi connectivity index (χ2v) is 12.2. The molecule has 5 rings (SSSR count). The van der Waals surface area contributed by atoms with Crippen LogP contribution in [0.15, 0.2) is 72.9 Å². The number of likely N-dealkylation sites (N-methyl/N-ethyl adjacent to an activating group) is 1. The van der Waals surface area contributed by atoms with Crippen molar-refractivity contribution in [2.24, 2.45) is 13.0 Å². The SMILES string of the molecule is C[C@H]1CN([C@@H](C)CO)C(=O)c2cc(NC(=O)Cc3cn(C)c4ccccc34)ccc2O[C@H]1CN(C)C(=O)Nc1ccc(C(F)(F)F)cc1. The fourth-order valence-corrected chi connectivity index (χ4v) is 5.78. The van der Waals surface area contributed by atoms with Crippen molar-refractivity contribution in [2.45, 2.75) is 38.6 Å². The van der Waals surface area contributed by atoms with Gasteiger partial charge in [-0.1, -0.05) is 25.1 Å². The fourth-order valence-electron chi connectivity index (χ4n) is 5.78. The number of aliphatic hydroxyl groups excluding tert-OH is 1. The molecule has 0 fully saturated rings. The van der Waals surface area contributed by atoms with Gasteiger partial charge >= 0.3 is 12.2 Å². The molecule has 0 radical (unpaired) electrons. The summed E-state index contributed by atoms with van der Waals surface area (Å²) in [4.78, 5) is 42.8. The normalized spacial score (nSPS) is 17.2. The number of anilines is 2. The van der Waals surface area contributed by atoms with E-state index in [1.165, 1.54) is 24.1 Å². The smallest absolute Gasteiger partial charge is 0.416 e. The van der Waals surface area contributed by atoms with Crippen LogP contribution in [-0.2, 0) is 24.4 Å². The average molecular weight is 666 g/mol. The van der Waals surface area contributed by atoms with Gasteiger partial charge in [0.15, 0.2) is 0 Å². The summed E-state index contributed by atoms with van der Waals surface area (Å²) in [6.45, 7) is 3.59. The topological polar surface area (TPSA) is 116 Å². The Morgan fingerprint density at radius 1 is 1.06 bits per heavy atom. The van der Waals surface area contributed by atoms with Crippen LogP contribution in [0, 0.1) is 5.92 Å². The summed E-state index contributed by atoms with van der Waals surface area (Å²) < 4.78 is 47.1. The van der Waals surface area contributed by atoms with E-state index in [1.54, 1.807) is 30.0 Å². The first-order valence-corrected chi connectivity index (χ1v) is 15.5. The minimum absolute atomic E-state index is 0.0755. The molecule has 0 bridgehead atoms. The largest absolute Gasteiger partial charge is 0.487 e. The van der Waals surface area contributed by atoms with Crippen LogP contribution in [0.25, 0.3) is 10.9 Å². The lowest BCUT2D eigenvalue weighted by Crippen LogP contribution is -2.50. The molecule has 0 saturated carbocycles. The summed E-state index contributed by atoms with van der Waals surface area (Å²) in [6.07, 6.45) is -3.07. The molecule has 2 heterocycles. The van der Waals surface area contributed by atoms with E-state index < -0.39 is 29.9 Å². The number of benzene rings is 3. The van der Waals surface area contributed by atoms with Crippen molar-refractivity contribution in [3.63, 3.8) is 0 Å². The lowest BCUT2D eigenvalue weighted by molar-refractivity contribution is -0.137. The number of aliphatic hydroxyl groups is 1. The molecule has 3 aromatic carbocycles. The zero-order valence-corrected chi connectivity index (χ0v) is 27.0. The molecular formula is C35H38F3N5O5. The number of hydrogen-bond acceptors (Lipinski definition) is 5. The minimum atomic E-state index is -4.49. The molecule has 10 nitrogen and oxygen atoms in total. The Kier molecular flexibility index (Phi) is 9.99. The summed E-state index contributed by atoms with van der Waals surface area (Å²) in [7, 11) is 3.45. The second kappa shape index (κ2) is 14.0. The maximum Gasteiger partial charge on any atom is 0.416 e. The first-order valence-electron chi connectivity index (χ1n) is 15.5. The Morgan fingerprint density at radius 3 is 2.44 bits per heavy atom. The predicted octanol–water partition coefficient (Wildman–Crippen LogP) is 5.76. The van der Waals surface area contributed by atoms with Crippen molar-refractivity contribution in [3.05, 3.63) is 89.6 Å². The van der Waals surface area contributed by atoms with Crippen LogP contribution in [0.1, 0.15) is 35.3 Å². The molecule has 48 heavy (non-hydrogen) atoms. The van der Waals surface area contributed by atoms with Gasteiger partial charge in [0.2, 0.25) is 5.91 Å². The predicted molar refractivity (Wildman–Crippen MR) is 176 cm³/mol. The first-order chi connectivity index (χ1) is 22.7. The number of aromatic nitrogens is 1. The van der Waals surface area contributed by atoms with Gasteiger partial charge in [0.25, 0.3) is 5.91 Å². The van der Waals surface area contributed by atoms with Gasteiger partial charge in [-0.25, -0.2) is 4.79 Å². The molecule has 13 heteroatoms. The van der Waals surface area contributed by atoms with Crippen LogP contribution < -0.4 is 15.4 Å². The van der Waals surface area contributed by atoms with E-state index in [9.17, 15) is 32.7 Å². The van der Waals surface area contributed by atoms with Gasteiger partial charge in [-0.2, -0.15) is 13.2 Å². The molecule has 0 saturated heterocycles. The number of urea groups is 1. The summed E-state index contributed by atoms with van der Waals surface area (Å²) in [5, 5.41) is 16.4. The molecule has 3 atom stereocenters. The van der Waals surface area contributed by atoms with Crippen molar-refractivity contribution in [1.82, 2.24) is 14.4 Å². The van der Waals surface area contributed by atoms with Crippen LogP contribution >= 0.6 is 0 Å². The van der Waals surface area contributed by atoms with Crippen molar-refractivity contribution >= 4 is 40.1 Å². The van der Waals surface area contributed by atoms with Gasteiger partial charge in [0, 0.05) is 55.0 Å². The number of fused-ring (bicyclic) bond motifs is 2. The third-order valence-corrected chi connectivity index (χ3v) is 8.54. The van der Waals surface area contributed by atoms with Gasteiger partial charge in [0.1, 0.15) is 11.9 Å². The summed E-state index contributed by atoms with van der Waals surface area (Å²) in [5.41, 5.74) is 1.82. The number of nitrogens with one attached hydrogen (secondary N) is 2. The molecule has 1 aliphatic heterocycles. The number of halogens is 3. The van der Waals surface area contributed by atoms with Gasteiger partial charge < -0.3 is 34.8 Å². The van der Waals surface area contributed by atoms with Crippen molar-refractivity contribution in [3.8, 4) is 5.75 Å². The number of nitrogens with zero attached hydrogens (tertiary/aromatic N) is 3. The number of carbonyl (C=O) groups excluding carboxylic acids is 3. The van der Waals surface area contributed by atoms with Crippen molar-refractivity contribution < 1.29 is 37.4 Å². The van der Waals surface area contributed by atoms with E-state index in [0.29, 0.717) is 5.69 Å². The van der Waals surface area contributed by atoms with E-state index in [2.05, 4.69) is 10.6 Å². The van der Waals surface area contributed by atoms with E-state index in [-0.39, 0.29) is 60.8 Å². The summed E-state index contributed by atoms with van der Waals surface area (Å²) in [6, 6.07) is 15.6. The molecular weight excluding hydrogens is 627 g/mol. The van der Waals surface area contributed by atoms with Gasteiger partial charge in [0.05, 0.1) is 36.7 Å². The zero-order chi connectivity index (χ0) is 34.7. The highest BCUT2D eigenvalue weighted by Crippen LogP contribution is 2.32. The molecule has 4 amide bonds. The first kappa shape index (κ1) is 34.3. The molecule has 0 unspecified atom stereocenters. The number of alkyl halides is 3. The van der Waals surface area contributed by atoms with E-state index in [1.807, 2.05) is 49.0 Å². The van der Waals surface area contributed by atoms with E-state index in [4.69, 9.17) is 4.74 Å². The summed E-state index contributed by atoms with van der Waals surface area (Å²) in [5.74, 6) is -0.693. The van der Waals surface area contributed by atoms with Crippen LogP contribution in [0.4, 0.5) is 29.3 Å². The molecule has 0 spiro atoms. The number of aryl methyl sites for hydroxylation is 1. The maximum atomic E-state index is 13.8. The molecule has 254 valence electrons.